The minimum Gasteiger partial charge on any atom is -0.464 e. The lowest BCUT2D eigenvalue weighted by atomic mass is 9.87. The number of esters is 1. The lowest BCUT2D eigenvalue weighted by Gasteiger charge is -2.39. The van der Waals surface area contributed by atoms with Crippen molar-refractivity contribution < 1.29 is 31.7 Å². The Bertz CT molecular complexity index is 1340. The van der Waals surface area contributed by atoms with Crippen LogP contribution in [0.15, 0.2) is 42.5 Å². The fraction of sp³-hybridized carbons (Fsp3) is 0.548. The van der Waals surface area contributed by atoms with E-state index in [4.69, 9.17) is 16.3 Å². The standard InChI is InChI=1S/C31H39ClF3N3O4S/c1-19(2)16-25(36-43(41)30(3,4)5)23-17-21(31(33,34)35)8-11-26(23)37-12-14-38(15-13-37)28(39)27-24(18-42-29(27)40)20-6-9-22(32)10-7-20/h6-11,17,19,24-25,27,36H,12-16,18H2,1-5H3. The smallest absolute Gasteiger partial charge is 0.416 e. The van der Waals surface area contributed by atoms with E-state index in [2.05, 4.69) is 4.72 Å². The van der Waals surface area contributed by atoms with Gasteiger partial charge in [0, 0.05) is 48.8 Å². The van der Waals surface area contributed by atoms with E-state index in [0.29, 0.717) is 35.8 Å². The van der Waals surface area contributed by atoms with E-state index in [0.717, 1.165) is 17.7 Å². The van der Waals surface area contributed by atoms with Crippen LogP contribution in [0.4, 0.5) is 18.9 Å². The second-order valence-corrected chi connectivity index (χ2v) is 15.0. The first-order valence-corrected chi connectivity index (χ1v) is 15.9. The number of piperazine rings is 1. The number of benzene rings is 2. The van der Waals surface area contributed by atoms with Crippen LogP contribution in [0.2, 0.25) is 5.02 Å². The Morgan fingerprint density at radius 1 is 1.07 bits per heavy atom. The van der Waals surface area contributed by atoms with E-state index in [1.54, 1.807) is 29.2 Å². The zero-order valence-electron chi connectivity index (χ0n) is 25.0. The number of nitrogens with one attached hydrogen (secondary N) is 1. The average Bonchev–Trinajstić information content (AvgIpc) is 3.32. The van der Waals surface area contributed by atoms with Gasteiger partial charge in [-0.1, -0.05) is 37.6 Å². The molecule has 1 amide bonds. The van der Waals surface area contributed by atoms with Crippen molar-refractivity contribution >= 4 is 40.2 Å². The van der Waals surface area contributed by atoms with Crippen molar-refractivity contribution in [1.29, 1.82) is 0 Å². The number of hydrogen-bond donors (Lipinski definition) is 1. The van der Waals surface area contributed by atoms with Crippen LogP contribution in [0.3, 0.4) is 0 Å². The summed E-state index contributed by atoms with van der Waals surface area (Å²) in [4.78, 5) is 29.8. The predicted molar refractivity (Wildman–Crippen MR) is 162 cm³/mol. The average molecular weight is 642 g/mol. The Hall–Kier alpha value is -2.63. The number of halogens is 4. The molecule has 0 radical (unpaired) electrons. The summed E-state index contributed by atoms with van der Waals surface area (Å²) in [6.45, 7) is 10.7. The number of carbonyl (C=O) groups excluding carboxylic acids is 2. The van der Waals surface area contributed by atoms with Crippen molar-refractivity contribution in [1.82, 2.24) is 9.62 Å². The zero-order valence-corrected chi connectivity index (χ0v) is 26.6. The van der Waals surface area contributed by atoms with Crippen LogP contribution in [0.5, 0.6) is 0 Å². The van der Waals surface area contributed by atoms with E-state index in [1.165, 1.54) is 6.07 Å². The van der Waals surface area contributed by atoms with Crippen LogP contribution in [0.25, 0.3) is 0 Å². The van der Waals surface area contributed by atoms with Crippen LogP contribution in [0.1, 0.15) is 69.7 Å². The molecular formula is C31H39ClF3N3O4S. The summed E-state index contributed by atoms with van der Waals surface area (Å²) in [5.41, 5.74) is 1.04. The van der Waals surface area contributed by atoms with E-state index in [1.807, 2.05) is 39.5 Å². The molecular weight excluding hydrogens is 603 g/mol. The number of amides is 1. The van der Waals surface area contributed by atoms with Gasteiger partial charge in [-0.2, -0.15) is 13.2 Å². The zero-order chi connectivity index (χ0) is 31.7. The van der Waals surface area contributed by atoms with Gasteiger partial charge in [-0.25, -0.2) is 8.93 Å². The van der Waals surface area contributed by atoms with Gasteiger partial charge in [0.05, 0.1) is 27.9 Å². The third kappa shape index (κ3) is 7.91. The van der Waals surface area contributed by atoms with E-state index < -0.39 is 51.3 Å². The van der Waals surface area contributed by atoms with Gasteiger partial charge in [0.2, 0.25) is 5.91 Å². The number of anilines is 1. The molecule has 2 aromatic rings. The van der Waals surface area contributed by atoms with Crippen LogP contribution in [-0.2, 0) is 31.5 Å². The third-order valence-electron chi connectivity index (χ3n) is 7.80. The quantitative estimate of drug-likeness (QED) is 0.278. The summed E-state index contributed by atoms with van der Waals surface area (Å²) in [5.74, 6) is -2.17. The second kappa shape index (κ2) is 13.2. The molecule has 4 atom stereocenters. The van der Waals surface area contributed by atoms with Gasteiger partial charge in [-0.15, -0.1) is 0 Å². The number of alkyl halides is 3. The van der Waals surface area contributed by atoms with Crippen LogP contribution in [0, 0.1) is 11.8 Å². The van der Waals surface area contributed by atoms with Crippen LogP contribution in [-0.4, -0.2) is 58.5 Å². The number of rotatable bonds is 8. The molecule has 2 fully saturated rings. The fourth-order valence-electron chi connectivity index (χ4n) is 5.47. The van der Waals surface area contributed by atoms with E-state index in [9.17, 15) is 27.0 Å². The molecule has 2 aliphatic rings. The molecule has 4 rings (SSSR count). The predicted octanol–water partition coefficient (Wildman–Crippen LogP) is 6.10. The van der Waals surface area contributed by atoms with Crippen molar-refractivity contribution in [2.75, 3.05) is 37.7 Å². The Balaban J connectivity index is 1.57. The largest absolute Gasteiger partial charge is 0.464 e. The first kappa shape index (κ1) is 33.3. The minimum absolute atomic E-state index is 0.103. The molecule has 2 saturated heterocycles. The highest BCUT2D eigenvalue weighted by atomic mass is 35.5. The number of hydrogen-bond acceptors (Lipinski definition) is 5. The molecule has 0 spiro atoms. The van der Waals surface area contributed by atoms with Gasteiger partial charge in [-0.05, 0) is 74.6 Å². The highest BCUT2D eigenvalue weighted by Crippen LogP contribution is 2.39. The monoisotopic (exact) mass is 641 g/mol. The Labute approximate surface area is 258 Å². The highest BCUT2D eigenvalue weighted by Gasteiger charge is 2.45. The number of cyclic esters (lactones) is 1. The summed E-state index contributed by atoms with van der Waals surface area (Å²) in [5, 5.41) is 0.547. The molecule has 236 valence electrons. The van der Waals surface area contributed by atoms with E-state index in [-0.39, 0.29) is 31.5 Å². The van der Waals surface area contributed by atoms with Gasteiger partial charge >= 0.3 is 12.1 Å². The minimum atomic E-state index is -4.54. The lowest BCUT2D eigenvalue weighted by Crippen LogP contribution is -2.52. The van der Waals surface area contributed by atoms with Crippen molar-refractivity contribution in [3.8, 4) is 0 Å². The SMILES string of the molecule is CC(C)CC(NS(=O)C(C)(C)C)c1cc(C(F)(F)F)ccc1N1CCN(C(=O)C2C(=O)OCC2c2ccc(Cl)cc2)CC1. The lowest BCUT2D eigenvalue weighted by molar-refractivity contribution is -0.149. The molecule has 0 aliphatic carbocycles. The normalized spacial score (nSPS) is 21.2. The van der Waals surface area contributed by atoms with Crippen molar-refractivity contribution in [2.24, 2.45) is 11.8 Å². The molecule has 2 aromatic carbocycles. The topological polar surface area (TPSA) is 79.0 Å². The van der Waals surface area contributed by atoms with Crippen LogP contribution >= 0.6 is 11.6 Å². The van der Waals surface area contributed by atoms with Crippen molar-refractivity contribution in [2.45, 2.75) is 63.9 Å². The first-order valence-electron chi connectivity index (χ1n) is 14.4. The van der Waals surface area contributed by atoms with E-state index >= 15 is 0 Å². The van der Waals surface area contributed by atoms with Gasteiger partial charge < -0.3 is 14.5 Å². The molecule has 12 heteroatoms. The first-order chi connectivity index (χ1) is 20.1. The molecule has 2 aliphatic heterocycles. The fourth-order valence-corrected chi connectivity index (χ4v) is 6.43. The van der Waals surface area contributed by atoms with Gasteiger partial charge in [0.1, 0.15) is 5.92 Å². The Morgan fingerprint density at radius 2 is 1.70 bits per heavy atom. The molecule has 0 aromatic heterocycles. The molecule has 1 N–H and O–H groups in total. The highest BCUT2D eigenvalue weighted by molar-refractivity contribution is 7.84. The number of ether oxygens (including phenoxy) is 1. The molecule has 2 heterocycles. The molecule has 43 heavy (non-hydrogen) atoms. The van der Waals surface area contributed by atoms with Crippen LogP contribution < -0.4 is 9.62 Å². The molecule has 0 saturated carbocycles. The maximum absolute atomic E-state index is 13.8. The third-order valence-corrected chi connectivity index (χ3v) is 9.66. The summed E-state index contributed by atoms with van der Waals surface area (Å²) >= 11 is 6.01. The number of carbonyl (C=O) groups is 2. The summed E-state index contributed by atoms with van der Waals surface area (Å²) in [6, 6.07) is 10.1. The second-order valence-electron chi connectivity index (χ2n) is 12.5. The maximum atomic E-state index is 13.8. The van der Waals surface area contributed by atoms with Gasteiger partial charge in [-0.3, -0.25) is 9.59 Å². The van der Waals surface area contributed by atoms with Gasteiger partial charge in [0.15, 0.2) is 0 Å². The summed E-state index contributed by atoms with van der Waals surface area (Å²) < 4.78 is 62.4. The Morgan fingerprint density at radius 3 is 2.26 bits per heavy atom. The van der Waals surface area contributed by atoms with Gasteiger partial charge in [0.25, 0.3) is 0 Å². The molecule has 4 unspecified atom stereocenters. The number of nitrogens with zero attached hydrogens (tertiary/aromatic N) is 2. The maximum Gasteiger partial charge on any atom is 0.416 e. The van der Waals surface area contributed by atoms with Crippen molar-refractivity contribution in [3.05, 3.63) is 64.2 Å². The summed E-state index contributed by atoms with van der Waals surface area (Å²) in [7, 11) is -1.52. The summed E-state index contributed by atoms with van der Waals surface area (Å²) in [6.07, 6.45) is -4.06. The van der Waals surface area contributed by atoms with Crippen molar-refractivity contribution in [3.63, 3.8) is 0 Å². The Kier molecular flexibility index (Phi) is 10.2. The molecule has 0 bridgehead atoms. The molecule has 7 nitrogen and oxygen atoms in total.